The third kappa shape index (κ3) is 5.78. The lowest BCUT2D eigenvalue weighted by molar-refractivity contribution is 1.17. The lowest BCUT2D eigenvalue weighted by Gasteiger charge is -2.34. The van der Waals surface area contributed by atoms with Crippen LogP contribution in [0.4, 0.5) is 0 Å². The molecule has 0 amide bonds. The Kier molecular flexibility index (Phi) is 8.87. The lowest BCUT2D eigenvalue weighted by Crippen LogP contribution is -2.74. The van der Waals surface area contributed by atoms with E-state index in [9.17, 15) is 0 Å². The van der Waals surface area contributed by atoms with Crippen LogP contribution in [-0.2, 0) is 0 Å². The lowest BCUT2D eigenvalue weighted by atomic mass is 9.93. The Balaban J connectivity index is 1.16. The zero-order chi connectivity index (χ0) is 41.7. The van der Waals surface area contributed by atoms with Crippen LogP contribution in [0.5, 0.6) is 0 Å². The van der Waals surface area contributed by atoms with Gasteiger partial charge < -0.3 is 9.13 Å². The van der Waals surface area contributed by atoms with Crippen LogP contribution < -0.4 is 20.7 Å². The molecule has 0 aliphatic heterocycles. The summed E-state index contributed by atoms with van der Waals surface area (Å²) in [5.41, 5.74) is 11.9. The molecule has 0 spiro atoms. The monoisotopic (exact) mass is 818 g/mol. The molecule has 12 aromatic rings. The first-order valence-electron chi connectivity index (χ1n) is 21.8. The predicted octanol–water partition coefficient (Wildman–Crippen LogP) is 12.6. The van der Waals surface area contributed by atoms with Gasteiger partial charge in [0, 0.05) is 27.1 Å². The van der Waals surface area contributed by atoms with Crippen LogP contribution in [0.1, 0.15) is 0 Å². The summed E-state index contributed by atoms with van der Waals surface area (Å²) in [6.45, 7) is 0. The van der Waals surface area contributed by atoms with Crippen molar-refractivity contribution >= 4 is 72.4 Å². The molecule has 2 heterocycles. The van der Waals surface area contributed by atoms with E-state index < -0.39 is 8.07 Å². The standard InChI is InChI=1S/C60H42N2Si/c1-5-22-43(23-6-1)48-30-13-14-31-49(48)50-32-15-18-35-54(50)61-56-37-20-17-34-53(56)60-57(61)38-21-39-58(60)62-55-36-19-16-33-51(55)52-41-40-47(42-59(52)62)63(44-24-7-2-8-25-44,45-26-9-3-10-27-45)46-28-11-4-12-29-46/h1-42H. The minimum absolute atomic E-state index is 1.15. The number of para-hydroxylation sites is 3. The van der Waals surface area contributed by atoms with Crippen LogP contribution in [0.3, 0.4) is 0 Å². The van der Waals surface area contributed by atoms with Crippen LogP contribution in [0.25, 0.3) is 77.2 Å². The van der Waals surface area contributed by atoms with E-state index in [4.69, 9.17) is 0 Å². The number of nitrogens with zero attached hydrogens (tertiary/aromatic N) is 2. The molecule has 0 aliphatic carbocycles. The average Bonchev–Trinajstić information content (AvgIpc) is 3.88. The Morgan fingerprint density at radius 2 is 0.698 bits per heavy atom. The molecule has 12 rings (SSSR count). The number of hydrogen-bond acceptors (Lipinski definition) is 0. The van der Waals surface area contributed by atoms with Gasteiger partial charge in [-0.1, -0.05) is 218 Å². The molecule has 2 nitrogen and oxygen atoms in total. The maximum absolute atomic E-state index is 2.81. The van der Waals surface area contributed by atoms with Crippen LogP contribution >= 0.6 is 0 Å². The minimum atomic E-state index is -2.81. The molecule has 0 fully saturated rings. The molecule has 0 atom stereocenters. The van der Waals surface area contributed by atoms with Crippen LogP contribution in [0.2, 0.25) is 0 Å². The van der Waals surface area contributed by atoms with Crippen molar-refractivity contribution in [2.24, 2.45) is 0 Å². The summed E-state index contributed by atoms with van der Waals surface area (Å²) in [6.07, 6.45) is 0. The van der Waals surface area contributed by atoms with Crippen molar-refractivity contribution < 1.29 is 0 Å². The van der Waals surface area contributed by atoms with Crippen molar-refractivity contribution in [1.29, 1.82) is 0 Å². The Hall–Kier alpha value is -7.98. The number of fused-ring (bicyclic) bond motifs is 6. The summed E-state index contributed by atoms with van der Waals surface area (Å²) < 4.78 is 5.03. The second-order valence-electron chi connectivity index (χ2n) is 16.4. The fourth-order valence-corrected chi connectivity index (χ4v) is 15.2. The minimum Gasteiger partial charge on any atom is -0.309 e. The molecule has 2 aromatic heterocycles. The molecular formula is C60H42N2Si. The molecule has 0 saturated carbocycles. The van der Waals surface area contributed by atoms with Crippen LogP contribution in [0.15, 0.2) is 255 Å². The highest BCUT2D eigenvalue weighted by molar-refractivity contribution is 7.20. The van der Waals surface area contributed by atoms with E-state index in [1.54, 1.807) is 0 Å². The van der Waals surface area contributed by atoms with Gasteiger partial charge in [-0.3, -0.25) is 0 Å². The first kappa shape index (κ1) is 36.8. The molecule has 63 heavy (non-hydrogen) atoms. The van der Waals surface area contributed by atoms with Gasteiger partial charge in [-0.2, -0.15) is 0 Å². The molecule has 296 valence electrons. The Bertz CT molecular complexity index is 3510. The molecular weight excluding hydrogens is 777 g/mol. The topological polar surface area (TPSA) is 9.86 Å². The third-order valence-electron chi connectivity index (χ3n) is 13.1. The zero-order valence-corrected chi connectivity index (χ0v) is 35.6. The molecule has 10 aromatic carbocycles. The van der Waals surface area contributed by atoms with E-state index in [2.05, 4.69) is 264 Å². The smallest absolute Gasteiger partial charge is 0.179 e. The van der Waals surface area contributed by atoms with Gasteiger partial charge >= 0.3 is 0 Å². The van der Waals surface area contributed by atoms with Gasteiger partial charge in [0.25, 0.3) is 0 Å². The highest BCUT2D eigenvalue weighted by Crippen LogP contribution is 2.42. The second kappa shape index (κ2) is 15.2. The zero-order valence-electron chi connectivity index (χ0n) is 34.6. The van der Waals surface area contributed by atoms with Crippen molar-refractivity contribution in [3.05, 3.63) is 255 Å². The van der Waals surface area contributed by atoms with Crippen molar-refractivity contribution in [3.63, 3.8) is 0 Å². The average molecular weight is 819 g/mol. The predicted molar refractivity (Wildman–Crippen MR) is 270 cm³/mol. The summed E-state index contributed by atoms with van der Waals surface area (Å²) in [6, 6.07) is 94.2. The summed E-state index contributed by atoms with van der Waals surface area (Å²) in [5, 5.41) is 10.4. The van der Waals surface area contributed by atoms with Gasteiger partial charge in [0.15, 0.2) is 8.07 Å². The molecule has 0 saturated heterocycles. The van der Waals surface area contributed by atoms with Crippen molar-refractivity contribution in [2.75, 3.05) is 0 Å². The highest BCUT2D eigenvalue weighted by Gasteiger charge is 2.41. The van der Waals surface area contributed by atoms with Crippen molar-refractivity contribution in [1.82, 2.24) is 9.13 Å². The van der Waals surface area contributed by atoms with E-state index in [0.717, 1.165) is 5.69 Å². The summed E-state index contributed by atoms with van der Waals surface area (Å²) in [4.78, 5) is 0. The maximum atomic E-state index is 2.55. The Morgan fingerprint density at radius 1 is 0.254 bits per heavy atom. The van der Waals surface area contributed by atoms with E-state index in [1.807, 2.05) is 0 Å². The van der Waals surface area contributed by atoms with E-state index in [0.29, 0.717) is 0 Å². The van der Waals surface area contributed by atoms with Crippen LogP contribution in [0, 0.1) is 0 Å². The number of aromatic nitrogens is 2. The number of benzene rings is 10. The molecule has 0 bridgehead atoms. The van der Waals surface area contributed by atoms with Gasteiger partial charge in [-0.25, -0.2) is 0 Å². The largest absolute Gasteiger partial charge is 0.309 e. The fraction of sp³-hybridized carbons (Fsp3) is 0. The van der Waals surface area contributed by atoms with E-state index in [-0.39, 0.29) is 0 Å². The van der Waals surface area contributed by atoms with Gasteiger partial charge in [-0.15, -0.1) is 0 Å². The number of hydrogen-bond donors (Lipinski definition) is 0. The molecule has 0 aliphatic rings. The second-order valence-corrected chi connectivity index (χ2v) is 20.2. The Morgan fingerprint density at radius 3 is 1.35 bits per heavy atom. The number of rotatable bonds is 8. The molecule has 0 radical (unpaired) electrons. The SMILES string of the molecule is c1ccc(-c2ccccc2-c2ccccc2-n2c3ccccc3c3c(-n4c5ccccc5c5ccc([Si](c6ccccc6)(c6ccccc6)c6ccccc6)cc54)cccc32)cc1. The summed E-state index contributed by atoms with van der Waals surface area (Å²) in [5.74, 6) is 0. The van der Waals surface area contributed by atoms with Gasteiger partial charge in [0.2, 0.25) is 0 Å². The molecule has 3 heteroatoms. The first-order valence-corrected chi connectivity index (χ1v) is 23.8. The van der Waals surface area contributed by atoms with Gasteiger partial charge in [-0.05, 0) is 73.8 Å². The molecule has 0 unspecified atom stereocenters. The summed E-state index contributed by atoms with van der Waals surface area (Å²) >= 11 is 0. The Labute approximate surface area is 368 Å². The highest BCUT2D eigenvalue weighted by atomic mass is 28.3. The normalized spacial score (nSPS) is 11.8. The fourth-order valence-electron chi connectivity index (χ4n) is 10.5. The van der Waals surface area contributed by atoms with Crippen molar-refractivity contribution in [3.8, 4) is 33.6 Å². The summed E-state index contributed by atoms with van der Waals surface area (Å²) in [7, 11) is -2.81. The third-order valence-corrected chi connectivity index (χ3v) is 17.9. The maximum Gasteiger partial charge on any atom is 0.179 e. The quantitative estimate of drug-likeness (QED) is 0.107. The molecule has 0 N–H and O–H groups in total. The van der Waals surface area contributed by atoms with Gasteiger partial charge in [0.1, 0.15) is 0 Å². The van der Waals surface area contributed by atoms with Gasteiger partial charge in [0.05, 0.1) is 33.4 Å². The first-order chi connectivity index (χ1) is 31.3. The van der Waals surface area contributed by atoms with E-state index in [1.165, 1.54) is 92.3 Å². The van der Waals surface area contributed by atoms with E-state index >= 15 is 0 Å². The van der Waals surface area contributed by atoms with Crippen LogP contribution in [-0.4, -0.2) is 17.2 Å². The van der Waals surface area contributed by atoms with Crippen molar-refractivity contribution in [2.45, 2.75) is 0 Å².